The number of methoxy groups -OCH3 is 1. The van der Waals surface area contributed by atoms with E-state index in [1.54, 1.807) is 0 Å². The summed E-state index contributed by atoms with van der Waals surface area (Å²) in [6, 6.07) is 2.25. The summed E-state index contributed by atoms with van der Waals surface area (Å²) in [4.78, 5) is 0. The van der Waals surface area contributed by atoms with Gasteiger partial charge in [-0.2, -0.15) is 4.39 Å². The zero-order valence-corrected chi connectivity index (χ0v) is 8.40. The predicted molar refractivity (Wildman–Crippen MR) is 52.2 cm³/mol. The molecule has 0 bridgehead atoms. The molecule has 0 fully saturated rings. The van der Waals surface area contributed by atoms with Crippen LogP contribution in [0.1, 0.15) is 19.4 Å². The van der Waals surface area contributed by atoms with Crippen molar-refractivity contribution < 1.29 is 13.5 Å². The summed E-state index contributed by atoms with van der Waals surface area (Å²) in [7, 11) is 1.23. The Hall–Kier alpha value is -1.56. The molecule has 0 saturated carbocycles. The third-order valence-electron chi connectivity index (χ3n) is 1.41. The van der Waals surface area contributed by atoms with Crippen molar-refractivity contribution in [2.45, 2.75) is 13.8 Å². The van der Waals surface area contributed by atoms with E-state index in [4.69, 9.17) is 6.42 Å². The highest BCUT2D eigenvalue weighted by atomic mass is 19.2. The van der Waals surface area contributed by atoms with E-state index in [-0.39, 0.29) is 11.3 Å². The van der Waals surface area contributed by atoms with E-state index in [0.717, 1.165) is 6.07 Å². The number of hydrogen-bond acceptors (Lipinski definition) is 1. The van der Waals surface area contributed by atoms with Crippen LogP contribution in [-0.2, 0) is 0 Å². The molecule has 0 aliphatic carbocycles. The first-order valence-electron chi connectivity index (χ1n) is 4.19. The van der Waals surface area contributed by atoms with Crippen LogP contribution in [0, 0.1) is 24.0 Å². The molecule has 0 heterocycles. The van der Waals surface area contributed by atoms with Gasteiger partial charge in [0, 0.05) is 0 Å². The minimum absolute atomic E-state index is 0.205. The third-order valence-corrected chi connectivity index (χ3v) is 1.41. The number of halogens is 2. The Morgan fingerprint density at radius 3 is 2.29 bits per heavy atom. The summed E-state index contributed by atoms with van der Waals surface area (Å²) in [5.74, 6) is -0.0567. The largest absolute Gasteiger partial charge is 0.492 e. The minimum atomic E-state index is -1.05. The monoisotopic (exact) mass is 198 g/mol. The molecule has 0 radical (unpaired) electrons. The second kappa shape index (κ2) is 5.98. The molecule has 0 aromatic heterocycles. The van der Waals surface area contributed by atoms with E-state index in [2.05, 4.69) is 10.7 Å². The maximum Gasteiger partial charge on any atom is 0.201 e. The number of hydrogen-bond donors (Lipinski definition) is 0. The fourth-order valence-corrected chi connectivity index (χ4v) is 0.845. The molecule has 1 aromatic rings. The smallest absolute Gasteiger partial charge is 0.201 e. The van der Waals surface area contributed by atoms with Crippen molar-refractivity contribution in [2.75, 3.05) is 7.11 Å². The van der Waals surface area contributed by atoms with Crippen LogP contribution in [0.25, 0.3) is 0 Å². The minimum Gasteiger partial charge on any atom is -0.492 e. The lowest BCUT2D eigenvalue weighted by molar-refractivity contribution is 0.370. The van der Waals surface area contributed by atoms with E-state index >= 15 is 0 Å². The molecule has 0 spiro atoms. The van der Waals surface area contributed by atoms with Gasteiger partial charge in [0.05, 0.1) is 12.7 Å². The summed E-state index contributed by atoms with van der Waals surface area (Å²) in [6.45, 7) is 4.00. The number of rotatable bonds is 1. The van der Waals surface area contributed by atoms with Crippen LogP contribution < -0.4 is 4.74 Å². The van der Waals surface area contributed by atoms with E-state index in [1.165, 1.54) is 13.2 Å². The lowest BCUT2D eigenvalue weighted by Crippen LogP contribution is -1.94. The van der Waals surface area contributed by atoms with Crippen LogP contribution in [0.5, 0.6) is 5.75 Å². The molecule has 0 aliphatic heterocycles. The number of terminal acetylenes is 1. The van der Waals surface area contributed by atoms with Crippen molar-refractivity contribution in [1.82, 2.24) is 0 Å². The van der Waals surface area contributed by atoms with Gasteiger partial charge < -0.3 is 4.74 Å². The molecule has 1 rings (SSSR count). The molecule has 0 amide bonds. The number of ether oxygens (including phenoxy) is 1. The Labute approximate surface area is 82.7 Å². The molecular weight excluding hydrogens is 186 g/mol. The van der Waals surface area contributed by atoms with Gasteiger partial charge in [0.1, 0.15) is 0 Å². The Morgan fingerprint density at radius 1 is 1.29 bits per heavy atom. The molecular formula is C11H12F2O. The lowest BCUT2D eigenvalue weighted by Gasteiger charge is -2.04. The topological polar surface area (TPSA) is 9.23 Å². The summed E-state index contributed by atoms with van der Waals surface area (Å²) < 4.78 is 30.0. The van der Waals surface area contributed by atoms with Gasteiger partial charge in [-0.1, -0.05) is 19.8 Å². The molecule has 0 atom stereocenters. The van der Waals surface area contributed by atoms with Gasteiger partial charge in [-0.05, 0) is 12.1 Å². The molecule has 1 nitrogen and oxygen atoms in total. The first-order valence-corrected chi connectivity index (χ1v) is 4.19. The summed E-state index contributed by atoms with van der Waals surface area (Å²) in [6.07, 6.45) is 5.03. The van der Waals surface area contributed by atoms with Crippen LogP contribution in [0.2, 0.25) is 0 Å². The summed E-state index contributed by atoms with van der Waals surface area (Å²) >= 11 is 0. The fourth-order valence-electron chi connectivity index (χ4n) is 0.845. The van der Waals surface area contributed by atoms with Crippen LogP contribution in [0.15, 0.2) is 12.1 Å². The molecule has 1 aromatic carbocycles. The SMILES string of the molecule is C#Cc1ccc(F)c(F)c1OC.CC. The van der Waals surface area contributed by atoms with Crippen LogP contribution in [0.4, 0.5) is 8.78 Å². The maximum absolute atomic E-state index is 12.9. The lowest BCUT2D eigenvalue weighted by atomic mass is 10.2. The van der Waals surface area contributed by atoms with E-state index in [1.807, 2.05) is 13.8 Å². The van der Waals surface area contributed by atoms with E-state index in [9.17, 15) is 8.78 Å². The molecule has 0 unspecified atom stereocenters. The van der Waals surface area contributed by atoms with Crippen molar-refractivity contribution in [2.24, 2.45) is 0 Å². The Morgan fingerprint density at radius 2 is 1.86 bits per heavy atom. The fraction of sp³-hybridized carbons (Fsp3) is 0.273. The van der Waals surface area contributed by atoms with Gasteiger partial charge in [-0.3, -0.25) is 0 Å². The quantitative estimate of drug-likeness (QED) is 0.630. The van der Waals surface area contributed by atoms with Gasteiger partial charge in [-0.15, -0.1) is 6.42 Å². The van der Waals surface area contributed by atoms with Crippen molar-refractivity contribution in [1.29, 1.82) is 0 Å². The molecule has 0 saturated heterocycles. The first-order chi connectivity index (χ1) is 6.70. The van der Waals surface area contributed by atoms with Crippen molar-refractivity contribution in [3.8, 4) is 18.1 Å². The molecule has 76 valence electrons. The second-order valence-corrected chi connectivity index (χ2v) is 2.09. The van der Waals surface area contributed by atoms with Crippen molar-refractivity contribution in [3.05, 3.63) is 29.3 Å². The highest BCUT2D eigenvalue weighted by Gasteiger charge is 2.11. The molecule has 0 N–H and O–H groups in total. The van der Waals surface area contributed by atoms with Gasteiger partial charge in [-0.25, -0.2) is 4.39 Å². The normalized spacial score (nSPS) is 8.29. The van der Waals surface area contributed by atoms with E-state index in [0.29, 0.717) is 0 Å². The van der Waals surface area contributed by atoms with Crippen molar-refractivity contribution >= 4 is 0 Å². The van der Waals surface area contributed by atoms with Gasteiger partial charge >= 0.3 is 0 Å². The Balaban J connectivity index is 0.000000791. The van der Waals surface area contributed by atoms with Crippen LogP contribution in [-0.4, -0.2) is 7.11 Å². The zero-order chi connectivity index (χ0) is 11.1. The van der Waals surface area contributed by atoms with Crippen molar-refractivity contribution in [3.63, 3.8) is 0 Å². The zero-order valence-electron chi connectivity index (χ0n) is 8.40. The first kappa shape index (κ1) is 12.4. The van der Waals surface area contributed by atoms with Gasteiger partial charge in [0.25, 0.3) is 0 Å². The second-order valence-electron chi connectivity index (χ2n) is 2.09. The highest BCUT2D eigenvalue weighted by Crippen LogP contribution is 2.23. The standard InChI is InChI=1S/C9H6F2O.C2H6/c1-3-6-4-5-7(10)8(11)9(6)12-2;1-2/h1,4-5H,2H3;1-2H3. The van der Waals surface area contributed by atoms with E-state index < -0.39 is 11.6 Å². The molecule has 0 aliphatic rings. The maximum atomic E-state index is 12.9. The summed E-state index contributed by atoms with van der Waals surface area (Å²) in [5, 5.41) is 0. The van der Waals surface area contributed by atoms with Gasteiger partial charge in [0.2, 0.25) is 5.82 Å². The predicted octanol–water partition coefficient (Wildman–Crippen LogP) is 2.98. The average Bonchev–Trinajstić information content (AvgIpc) is 2.24. The molecule has 14 heavy (non-hydrogen) atoms. The highest BCUT2D eigenvalue weighted by molar-refractivity contribution is 5.45. The average molecular weight is 198 g/mol. The van der Waals surface area contributed by atoms with Crippen LogP contribution in [0.3, 0.4) is 0 Å². The molecule has 3 heteroatoms. The third kappa shape index (κ3) is 2.46. The Kier molecular flexibility index (Phi) is 5.31. The summed E-state index contributed by atoms with van der Waals surface area (Å²) in [5.41, 5.74) is 0.205. The Bertz CT molecular complexity index is 340. The van der Waals surface area contributed by atoms with Gasteiger partial charge in [0.15, 0.2) is 11.6 Å². The number of benzene rings is 1. The van der Waals surface area contributed by atoms with Crippen LogP contribution >= 0.6 is 0 Å².